The highest BCUT2D eigenvalue weighted by Gasteiger charge is 2.23. The van der Waals surface area contributed by atoms with Gasteiger partial charge in [-0.05, 0) is 37.5 Å². The molecule has 0 aliphatic heterocycles. The molecule has 1 saturated carbocycles. The molecule has 1 N–H and O–H groups in total. The molecule has 19 heavy (non-hydrogen) atoms. The van der Waals surface area contributed by atoms with Crippen LogP contribution in [0.3, 0.4) is 0 Å². The van der Waals surface area contributed by atoms with Crippen molar-refractivity contribution >= 4 is 0 Å². The van der Waals surface area contributed by atoms with Crippen molar-refractivity contribution in [1.82, 2.24) is 5.32 Å². The Hall–Kier alpha value is -1.13. The molecule has 106 valence electrons. The third-order valence-corrected chi connectivity index (χ3v) is 3.22. The zero-order valence-corrected chi connectivity index (χ0v) is 11.6. The summed E-state index contributed by atoms with van der Waals surface area (Å²) < 4.78 is 24.1. The number of methoxy groups -OCH3 is 1. The number of nitrogens with one attached hydrogen (secondary N) is 1. The summed E-state index contributed by atoms with van der Waals surface area (Å²) in [5, 5.41) is 3.46. The Morgan fingerprint density at radius 1 is 1.32 bits per heavy atom. The van der Waals surface area contributed by atoms with Crippen LogP contribution in [0.4, 0.5) is 4.39 Å². The summed E-state index contributed by atoms with van der Waals surface area (Å²) in [6.45, 7) is 3.25. The van der Waals surface area contributed by atoms with Gasteiger partial charge in [-0.25, -0.2) is 4.39 Å². The molecule has 1 aromatic rings. The second-order valence-corrected chi connectivity index (χ2v) is 5.08. The lowest BCUT2D eigenvalue weighted by Gasteiger charge is -2.15. The van der Waals surface area contributed by atoms with Crippen molar-refractivity contribution in [3.8, 4) is 5.75 Å². The van der Waals surface area contributed by atoms with Crippen LogP contribution in [0.5, 0.6) is 5.75 Å². The fraction of sp³-hybridized carbons (Fsp3) is 0.600. The van der Waals surface area contributed by atoms with E-state index in [0.717, 1.165) is 12.0 Å². The van der Waals surface area contributed by atoms with E-state index in [1.54, 1.807) is 13.2 Å². The Labute approximate surface area is 114 Å². The van der Waals surface area contributed by atoms with Crippen LogP contribution in [0, 0.1) is 5.82 Å². The Morgan fingerprint density at radius 3 is 2.79 bits per heavy atom. The molecular weight excluding hydrogens is 245 g/mol. The maximum absolute atomic E-state index is 13.6. The fourth-order valence-corrected chi connectivity index (χ4v) is 2.01. The summed E-state index contributed by atoms with van der Waals surface area (Å²) in [5.74, 6) is 0.347. The third-order valence-electron chi connectivity index (χ3n) is 3.22. The van der Waals surface area contributed by atoms with E-state index in [-0.39, 0.29) is 11.9 Å². The van der Waals surface area contributed by atoms with Gasteiger partial charge in [-0.15, -0.1) is 0 Å². The minimum atomic E-state index is -0.247. The van der Waals surface area contributed by atoms with Crippen molar-refractivity contribution in [3.63, 3.8) is 0 Å². The Morgan fingerprint density at radius 2 is 2.11 bits per heavy atom. The summed E-state index contributed by atoms with van der Waals surface area (Å²) >= 11 is 0. The number of rotatable bonds is 8. The highest BCUT2D eigenvalue weighted by atomic mass is 19.1. The monoisotopic (exact) mass is 267 g/mol. The number of halogens is 1. The first-order chi connectivity index (χ1) is 9.19. The largest absolute Gasteiger partial charge is 0.493 e. The molecule has 0 aromatic heterocycles. The average Bonchev–Trinajstić information content (AvgIpc) is 3.18. The minimum absolute atomic E-state index is 0.157. The molecule has 4 heteroatoms. The van der Waals surface area contributed by atoms with Crippen molar-refractivity contribution in [1.29, 1.82) is 0 Å². The van der Waals surface area contributed by atoms with Gasteiger partial charge in [0.15, 0.2) is 0 Å². The summed E-state index contributed by atoms with van der Waals surface area (Å²) in [6, 6.07) is 5.67. The molecule has 0 heterocycles. The van der Waals surface area contributed by atoms with Gasteiger partial charge in [0.1, 0.15) is 11.6 Å². The molecule has 1 unspecified atom stereocenters. The molecule has 1 atom stereocenters. The molecule has 0 radical (unpaired) electrons. The van der Waals surface area contributed by atoms with Crippen molar-refractivity contribution in [2.24, 2.45) is 0 Å². The standard InChI is InChI=1S/C15H22FNO2/c1-11(17-14-4-5-14)12-8-13(16)10-15(9-12)19-7-3-6-18-2/h8-11,14,17H,3-7H2,1-2H3. The van der Waals surface area contributed by atoms with Crippen LogP contribution in [0.2, 0.25) is 0 Å². The Bertz CT molecular complexity index is 407. The highest BCUT2D eigenvalue weighted by molar-refractivity contribution is 5.31. The van der Waals surface area contributed by atoms with Crippen LogP contribution >= 0.6 is 0 Å². The van der Waals surface area contributed by atoms with Crippen LogP contribution < -0.4 is 10.1 Å². The summed E-state index contributed by atoms with van der Waals surface area (Å²) in [7, 11) is 1.66. The van der Waals surface area contributed by atoms with Gasteiger partial charge in [0, 0.05) is 38.3 Å². The number of benzene rings is 1. The van der Waals surface area contributed by atoms with Crippen LogP contribution in [0.15, 0.2) is 18.2 Å². The molecule has 1 fully saturated rings. The Kier molecular flexibility index (Phi) is 5.16. The van der Waals surface area contributed by atoms with Gasteiger partial charge in [-0.2, -0.15) is 0 Å². The first-order valence-corrected chi connectivity index (χ1v) is 6.87. The van der Waals surface area contributed by atoms with Gasteiger partial charge >= 0.3 is 0 Å². The maximum Gasteiger partial charge on any atom is 0.127 e. The van der Waals surface area contributed by atoms with Gasteiger partial charge < -0.3 is 14.8 Å². The second-order valence-electron chi connectivity index (χ2n) is 5.08. The molecule has 0 saturated heterocycles. The summed E-state index contributed by atoms with van der Waals surface area (Å²) in [5.41, 5.74) is 0.939. The van der Waals surface area contributed by atoms with E-state index >= 15 is 0 Å². The summed E-state index contributed by atoms with van der Waals surface area (Å²) in [4.78, 5) is 0. The number of ether oxygens (including phenoxy) is 2. The Balaban J connectivity index is 1.93. The van der Waals surface area contributed by atoms with E-state index in [1.807, 2.05) is 6.07 Å². The maximum atomic E-state index is 13.6. The molecule has 0 spiro atoms. The van der Waals surface area contributed by atoms with Gasteiger partial charge in [0.2, 0.25) is 0 Å². The van der Waals surface area contributed by atoms with Crippen LogP contribution in [0.1, 0.15) is 37.8 Å². The van der Waals surface area contributed by atoms with E-state index in [4.69, 9.17) is 9.47 Å². The lowest BCUT2D eigenvalue weighted by Crippen LogP contribution is -2.20. The summed E-state index contributed by atoms with van der Waals surface area (Å²) in [6.07, 6.45) is 3.25. The van der Waals surface area contributed by atoms with Crippen molar-refractivity contribution < 1.29 is 13.9 Å². The van der Waals surface area contributed by atoms with Crippen molar-refractivity contribution in [2.75, 3.05) is 20.3 Å². The van der Waals surface area contributed by atoms with Crippen molar-refractivity contribution in [3.05, 3.63) is 29.6 Å². The van der Waals surface area contributed by atoms with Crippen molar-refractivity contribution in [2.45, 2.75) is 38.3 Å². The molecule has 3 nitrogen and oxygen atoms in total. The minimum Gasteiger partial charge on any atom is -0.493 e. The van der Waals surface area contributed by atoms with Gasteiger partial charge in [-0.1, -0.05) is 0 Å². The molecule has 1 aliphatic carbocycles. The fourth-order valence-electron chi connectivity index (χ4n) is 2.01. The molecular formula is C15H22FNO2. The van der Waals surface area contributed by atoms with Gasteiger partial charge in [-0.3, -0.25) is 0 Å². The van der Waals surface area contributed by atoms with E-state index in [1.165, 1.54) is 18.9 Å². The molecule has 1 aromatic carbocycles. The SMILES string of the molecule is COCCCOc1cc(F)cc(C(C)NC2CC2)c1. The molecule has 0 bridgehead atoms. The zero-order chi connectivity index (χ0) is 13.7. The van der Waals surface area contributed by atoms with Gasteiger partial charge in [0.05, 0.1) is 6.61 Å². The van der Waals surface area contributed by atoms with Crippen LogP contribution in [-0.2, 0) is 4.74 Å². The van der Waals surface area contributed by atoms with E-state index in [0.29, 0.717) is 25.0 Å². The topological polar surface area (TPSA) is 30.5 Å². The van der Waals surface area contributed by atoms with E-state index in [9.17, 15) is 4.39 Å². The lowest BCUT2D eigenvalue weighted by atomic mass is 10.1. The zero-order valence-electron chi connectivity index (χ0n) is 11.6. The lowest BCUT2D eigenvalue weighted by molar-refractivity contribution is 0.172. The van der Waals surface area contributed by atoms with E-state index < -0.39 is 0 Å². The predicted molar refractivity (Wildman–Crippen MR) is 73.0 cm³/mol. The first kappa shape index (κ1) is 14.3. The van der Waals surface area contributed by atoms with Gasteiger partial charge in [0.25, 0.3) is 0 Å². The second kappa shape index (κ2) is 6.87. The molecule has 0 amide bonds. The predicted octanol–water partition coefficient (Wildman–Crippen LogP) is 3.05. The van der Waals surface area contributed by atoms with Crippen LogP contribution in [-0.4, -0.2) is 26.4 Å². The third kappa shape index (κ3) is 4.80. The highest BCUT2D eigenvalue weighted by Crippen LogP contribution is 2.26. The smallest absolute Gasteiger partial charge is 0.127 e. The normalized spacial score (nSPS) is 16.4. The van der Waals surface area contributed by atoms with Crippen LogP contribution in [0.25, 0.3) is 0 Å². The first-order valence-electron chi connectivity index (χ1n) is 6.87. The average molecular weight is 267 g/mol. The number of hydrogen-bond acceptors (Lipinski definition) is 3. The van der Waals surface area contributed by atoms with E-state index in [2.05, 4.69) is 12.2 Å². The number of hydrogen-bond donors (Lipinski definition) is 1. The molecule has 1 aliphatic rings. The molecule has 2 rings (SSSR count). The quantitative estimate of drug-likeness (QED) is 0.734.